The Morgan fingerprint density at radius 2 is 1.93 bits per heavy atom. The smallest absolute Gasteiger partial charge is 0.0677 e. The van der Waals surface area contributed by atoms with Gasteiger partial charge in [0.25, 0.3) is 0 Å². The number of benzene rings is 1. The van der Waals surface area contributed by atoms with Crippen LogP contribution in [0.3, 0.4) is 0 Å². The maximum atomic E-state index is 8.91. The number of anilines is 1. The van der Waals surface area contributed by atoms with Gasteiger partial charge >= 0.3 is 0 Å². The second kappa shape index (κ2) is 5.63. The van der Waals surface area contributed by atoms with Crippen molar-refractivity contribution in [1.29, 1.82) is 5.26 Å². The number of rotatable bonds is 4. The zero-order valence-corrected chi connectivity index (χ0v) is 9.75. The van der Waals surface area contributed by atoms with Crippen molar-refractivity contribution in [2.75, 3.05) is 11.9 Å². The summed E-state index contributed by atoms with van der Waals surface area (Å²) in [6.45, 7) is 4.78. The van der Waals surface area contributed by atoms with Gasteiger partial charge in [-0.2, -0.15) is 5.26 Å². The average molecular weight is 223 g/mol. The zero-order chi connectivity index (χ0) is 11.3. The molecule has 0 spiro atoms. The van der Waals surface area contributed by atoms with E-state index in [1.807, 2.05) is 24.3 Å². The highest BCUT2D eigenvalue weighted by atomic mass is 35.5. The van der Waals surface area contributed by atoms with E-state index in [9.17, 15) is 0 Å². The Morgan fingerprint density at radius 3 is 2.40 bits per heavy atom. The Labute approximate surface area is 95.9 Å². The second-order valence-electron chi connectivity index (χ2n) is 3.87. The summed E-state index contributed by atoms with van der Waals surface area (Å²) in [6.07, 6.45) is 0. The van der Waals surface area contributed by atoms with Crippen LogP contribution in [0.4, 0.5) is 5.69 Å². The molecular formula is C12H15ClN2. The lowest BCUT2D eigenvalue weighted by atomic mass is 9.97. The molecule has 3 heteroatoms. The van der Waals surface area contributed by atoms with Crippen LogP contribution < -0.4 is 5.32 Å². The molecule has 0 aliphatic heterocycles. The first-order valence-corrected chi connectivity index (χ1v) is 5.40. The van der Waals surface area contributed by atoms with Crippen LogP contribution in [0, 0.1) is 23.2 Å². The molecule has 1 rings (SSSR count). The highest BCUT2D eigenvalue weighted by Crippen LogP contribution is 2.15. The van der Waals surface area contributed by atoms with Crippen molar-refractivity contribution in [2.24, 2.45) is 11.8 Å². The van der Waals surface area contributed by atoms with Crippen molar-refractivity contribution in [3.05, 3.63) is 29.3 Å². The first kappa shape index (κ1) is 11.9. The monoisotopic (exact) mass is 222 g/mol. The predicted molar refractivity (Wildman–Crippen MR) is 63.9 cm³/mol. The number of nitrogens with one attached hydrogen (secondary N) is 1. The summed E-state index contributed by atoms with van der Waals surface area (Å²) < 4.78 is 0. The van der Waals surface area contributed by atoms with Gasteiger partial charge in [0.1, 0.15) is 0 Å². The molecule has 0 amide bonds. The lowest BCUT2D eigenvalue weighted by Crippen LogP contribution is -2.17. The molecule has 0 aliphatic carbocycles. The highest BCUT2D eigenvalue weighted by Gasteiger charge is 2.11. The third-order valence-corrected chi connectivity index (χ3v) is 2.59. The minimum absolute atomic E-state index is 0.0423. The summed E-state index contributed by atoms with van der Waals surface area (Å²) in [6, 6.07) is 9.79. The van der Waals surface area contributed by atoms with Gasteiger partial charge in [-0.05, 0) is 30.2 Å². The van der Waals surface area contributed by atoms with Crippen molar-refractivity contribution in [1.82, 2.24) is 0 Å². The van der Waals surface area contributed by atoms with Gasteiger partial charge in [-0.25, -0.2) is 0 Å². The fraction of sp³-hybridized carbons (Fsp3) is 0.417. The first-order valence-electron chi connectivity index (χ1n) is 5.02. The molecule has 1 aromatic rings. The molecule has 0 saturated heterocycles. The maximum absolute atomic E-state index is 8.91. The van der Waals surface area contributed by atoms with E-state index in [1.165, 1.54) is 0 Å². The van der Waals surface area contributed by atoms with Crippen LogP contribution in [-0.4, -0.2) is 6.54 Å². The summed E-state index contributed by atoms with van der Waals surface area (Å²) >= 11 is 5.77. The van der Waals surface area contributed by atoms with Gasteiger partial charge in [0.05, 0.1) is 12.0 Å². The number of nitriles is 1. The first-order chi connectivity index (χ1) is 7.13. The summed E-state index contributed by atoms with van der Waals surface area (Å²) in [5.41, 5.74) is 1.00. The molecule has 1 unspecified atom stereocenters. The van der Waals surface area contributed by atoms with Gasteiger partial charge < -0.3 is 5.32 Å². The van der Waals surface area contributed by atoms with Crippen LogP contribution in [0.15, 0.2) is 24.3 Å². The van der Waals surface area contributed by atoms with E-state index in [4.69, 9.17) is 16.9 Å². The molecule has 0 saturated carbocycles. The standard InChI is InChI=1S/C12H15ClN2/c1-9(2)10(7-14)8-15-12-5-3-11(13)4-6-12/h3-6,9-10,15H,8H2,1-2H3. The van der Waals surface area contributed by atoms with Gasteiger partial charge in [-0.1, -0.05) is 25.4 Å². The zero-order valence-electron chi connectivity index (χ0n) is 9.00. The van der Waals surface area contributed by atoms with E-state index >= 15 is 0 Å². The van der Waals surface area contributed by atoms with E-state index in [0.29, 0.717) is 12.5 Å². The molecule has 15 heavy (non-hydrogen) atoms. The van der Waals surface area contributed by atoms with Gasteiger partial charge in [-0.15, -0.1) is 0 Å². The van der Waals surface area contributed by atoms with Gasteiger partial charge in [0.15, 0.2) is 0 Å². The van der Waals surface area contributed by atoms with Crippen LogP contribution in [0.5, 0.6) is 0 Å². The van der Waals surface area contributed by atoms with E-state index in [-0.39, 0.29) is 5.92 Å². The lowest BCUT2D eigenvalue weighted by Gasteiger charge is -2.14. The number of nitrogens with zero attached hydrogens (tertiary/aromatic N) is 1. The van der Waals surface area contributed by atoms with E-state index in [1.54, 1.807) is 0 Å². The van der Waals surface area contributed by atoms with E-state index in [2.05, 4.69) is 25.2 Å². The molecular weight excluding hydrogens is 208 g/mol. The van der Waals surface area contributed by atoms with Gasteiger partial charge in [0, 0.05) is 17.3 Å². The summed E-state index contributed by atoms with van der Waals surface area (Å²) in [4.78, 5) is 0. The Morgan fingerprint density at radius 1 is 1.33 bits per heavy atom. The third-order valence-electron chi connectivity index (χ3n) is 2.34. The van der Waals surface area contributed by atoms with E-state index in [0.717, 1.165) is 10.7 Å². The topological polar surface area (TPSA) is 35.8 Å². The highest BCUT2D eigenvalue weighted by molar-refractivity contribution is 6.30. The minimum Gasteiger partial charge on any atom is -0.384 e. The number of hydrogen-bond acceptors (Lipinski definition) is 2. The van der Waals surface area contributed by atoms with Crippen LogP contribution in [0.25, 0.3) is 0 Å². The largest absolute Gasteiger partial charge is 0.384 e. The maximum Gasteiger partial charge on any atom is 0.0677 e. The minimum atomic E-state index is 0.0423. The van der Waals surface area contributed by atoms with Crippen molar-refractivity contribution in [3.8, 4) is 6.07 Å². The van der Waals surface area contributed by atoms with Crippen LogP contribution in [0.1, 0.15) is 13.8 Å². The average Bonchev–Trinajstić information content (AvgIpc) is 2.21. The molecule has 1 N–H and O–H groups in total. The number of halogens is 1. The molecule has 80 valence electrons. The van der Waals surface area contributed by atoms with Crippen molar-refractivity contribution in [3.63, 3.8) is 0 Å². The Balaban J connectivity index is 2.50. The molecule has 0 aliphatic rings. The number of hydrogen-bond donors (Lipinski definition) is 1. The normalized spacial score (nSPS) is 12.2. The van der Waals surface area contributed by atoms with Crippen LogP contribution in [-0.2, 0) is 0 Å². The Kier molecular flexibility index (Phi) is 4.45. The quantitative estimate of drug-likeness (QED) is 0.846. The van der Waals surface area contributed by atoms with Gasteiger partial charge in [0.2, 0.25) is 0 Å². The fourth-order valence-corrected chi connectivity index (χ4v) is 1.35. The molecule has 0 bridgehead atoms. The van der Waals surface area contributed by atoms with Crippen LogP contribution >= 0.6 is 11.6 Å². The second-order valence-corrected chi connectivity index (χ2v) is 4.30. The summed E-state index contributed by atoms with van der Waals surface area (Å²) in [5.74, 6) is 0.412. The van der Waals surface area contributed by atoms with E-state index < -0.39 is 0 Å². The van der Waals surface area contributed by atoms with Crippen LogP contribution in [0.2, 0.25) is 5.02 Å². The third kappa shape index (κ3) is 3.81. The van der Waals surface area contributed by atoms with Crippen molar-refractivity contribution in [2.45, 2.75) is 13.8 Å². The molecule has 0 heterocycles. The molecule has 0 aromatic heterocycles. The molecule has 0 fully saturated rings. The summed E-state index contributed by atoms with van der Waals surface area (Å²) in [7, 11) is 0. The summed E-state index contributed by atoms with van der Waals surface area (Å²) in [5, 5.41) is 12.9. The van der Waals surface area contributed by atoms with Crippen molar-refractivity contribution < 1.29 is 0 Å². The Bertz CT molecular complexity index is 338. The fourth-order valence-electron chi connectivity index (χ4n) is 1.23. The lowest BCUT2D eigenvalue weighted by molar-refractivity contribution is 0.496. The molecule has 1 aromatic carbocycles. The van der Waals surface area contributed by atoms with Gasteiger partial charge in [-0.3, -0.25) is 0 Å². The SMILES string of the molecule is CC(C)C(C#N)CNc1ccc(Cl)cc1. The Hall–Kier alpha value is -1.20. The van der Waals surface area contributed by atoms with Crippen molar-refractivity contribution >= 4 is 17.3 Å². The molecule has 2 nitrogen and oxygen atoms in total. The predicted octanol–water partition coefficient (Wildman–Crippen LogP) is 3.55. The molecule has 0 radical (unpaired) electrons. The molecule has 1 atom stereocenters.